The Morgan fingerprint density at radius 1 is 1.21 bits per heavy atom. The van der Waals surface area contributed by atoms with Crippen LogP contribution in [0.4, 0.5) is 5.69 Å². The van der Waals surface area contributed by atoms with Crippen molar-refractivity contribution >= 4 is 5.69 Å². The first-order chi connectivity index (χ1) is 6.86. The predicted molar refractivity (Wildman–Crippen MR) is 55.7 cm³/mol. The number of benzene rings is 1. The van der Waals surface area contributed by atoms with Gasteiger partial charge >= 0.3 is 0 Å². The highest BCUT2D eigenvalue weighted by molar-refractivity contribution is 5.64. The topological polar surface area (TPSA) is 21.1 Å². The highest BCUT2D eigenvalue weighted by atomic mass is 15.2. The molecule has 3 rings (SSSR count). The Morgan fingerprint density at radius 2 is 2.00 bits per heavy atom. The molecule has 0 atom stereocenters. The van der Waals surface area contributed by atoms with E-state index in [-0.39, 0.29) is 0 Å². The normalized spacial score (nSPS) is 13.6. The lowest BCUT2D eigenvalue weighted by Crippen LogP contribution is -2.25. The molecule has 1 aromatic carbocycles. The molecule has 3 nitrogen and oxygen atoms in total. The lowest BCUT2D eigenvalue weighted by molar-refractivity contribution is 0.774. The Balaban J connectivity index is 2.30. The summed E-state index contributed by atoms with van der Waals surface area (Å²) in [5, 5.41) is 0. The molecule has 0 aliphatic carbocycles. The van der Waals surface area contributed by atoms with Crippen molar-refractivity contribution in [3.8, 4) is 5.69 Å². The number of hydrogen-bond acceptors (Lipinski definition) is 2. The first-order valence-electron chi connectivity index (χ1n) is 4.69. The highest BCUT2D eigenvalue weighted by Crippen LogP contribution is 2.29. The number of nitrogens with zero attached hydrogens (tertiary/aromatic N) is 3. The summed E-state index contributed by atoms with van der Waals surface area (Å²) in [6, 6.07) is 8.38. The molecular weight excluding hydrogens is 174 g/mol. The maximum absolute atomic E-state index is 4.33. The summed E-state index contributed by atoms with van der Waals surface area (Å²) in [4.78, 5) is 6.55. The first kappa shape index (κ1) is 7.62. The van der Waals surface area contributed by atoms with Crippen LogP contribution < -0.4 is 4.90 Å². The average Bonchev–Trinajstić information content (AvgIpc) is 2.66. The SMILES string of the molecule is CN1Cc2nccn2-c2ccccc21. The van der Waals surface area contributed by atoms with Gasteiger partial charge in [-0.15, -0.1) is 0 Å². The molecule has 0 unspecified atom stereocenters. The van der Waals surface area contributed by atoms with Crippen molar-refractivity contribution in [2.45, 2.75) is 6.54 Å². The van der Waals surface area contributed by atoms with Crippen LogP contribution in [-0.2, 0) is 6.54 Å². The van der Waals surface area contributed by atoms with Gasteiger partial charge in [-0.2, -0.15) is 0 Å². The van der Waals surface area contributed by atoms with Crippen molar-refractivity contribution in [2.75, 3.05) is 11.9 Å². The molecule has 3 heteroatoms. The fraction of sp³-hybridized carbons (Fsp3) is 0.182. The number of imidazole rings is 1. The van der Waals surface area contributed by atoms with E-state index in [0.29, 0.717) is 0 Å². The molecule has 0 fully saturated rings. The highest BCUT2D eigenvalue weighted by Gasteiger charge is 2.18. The van der Waals surface area contributed by atoms with Gasteiger partial charge in [0.25, 0.3) is 0 Å². The fourth-order valence-corrected chi connectivity index (χ4v) is 1.96. The second kappa shape index (κ2) is 2.61. The lowest BCUT2D eigenvalue weighted by Gasteiger charge is -2.28. The van der Waals surface area contributed by atoms with Crippen LogP contribution >= 0.6 is 0 Å². The number of anilines is 1. The Bertz CT molecular complexity index is 473. The van der Waals surface area contributed by atoms with E-state index < -0.39 is 0 Å². The molecule has 70 valence electrons. The van der Waals surface area contributed by atoms with Gasteiger partial charge in [0.2, 0.25) is 0 Å². The van der Waals surface area contributed by atoms with Crippen molar-refractivity contribution in [3.63, 3.8) is 0 Å². The molecule has 2 aromatic rings. The number of fused-ring (bicyclic) bond motifs is 3. The van der Waals surface area contributed by atoms with Crippen LogP contribution in [0.2, 0.25) is 0 Å². The van der Waals surface area contributed by atoms with E-state index in [4.69, 9.17) is 0 Å². The number of rotatable bonds is 0. The van der Waals surface area contributed by atoms with E-state index in [1.807, 2.05) is 12.4 Å². The van der Waals surface area contributed by atoms with Crippen molar-refractivity contribution in [3.05, 3.63) is 42.5 Å². The van der Waals surface area contributed by atoms with E-state index in [1.165, 1.54) is 11.4 Å². The molecule has 0 bridgehead atoms. The van der Waals surface area contributed by atoms with Crippen LogP contribution in [-0.4, -0.2) is 16.6 Å². The third-order valence-corrected chi connectivity index (χ3v) is 2.65. The van der Waals surface area contributed by atoms with Gasteiger partial charge in [0.1, 0.15) is 5.82 Å². The molecule has 0 radical (unpaired) electrons. The Hall–Kier alpha value is -1.77. The quantitative estimate of drug-likeness (QED) is 0.624. The molecule has 0 amide bonds. The minimum absolute atomic E-state index is 0.879. The van der Waals surface area contributed by atoms with E-state index in [1.54, 1.807) is 0 Å². The van der Waals surface area contributed by atoms with E-state index in [2.05, 4.69) is 45.8 Å². The summed E-state index contributed by atoms with van der Waals surface area (Å²) < 4.78 is 2.15. The number of para-hydroxylation sites is 2. The monoisotopic (exact) mass is 185 g/mol. The molecule has 0 saturated heterocycles. The first-order valence-corrected chi connectivity index (χ1v) is 4.69. The van der Waals surface area contributed by atoms with Crippen molar-refractivity contribution in [1.82, 2.24) is 9.55 Å². The number of hydrogen-bond donors (Lipinski definition) is 0. The lowest BCUT2D eigenvalue weighted by atomic mass is 10.2. The van der Waals surface area contributed by atoms with Crippen LogP contribution in [0.3, 0.4) is 0 Å². The molecule has 0 N–H and O–H groups in total. The zero-order valence-corrected chi connectivity index (χ0v) is 8.01. The summed E-state index contributed by atoms with van der Waals surface area (Å²) in [5.74, 6) is 1.10. The standard InChI is InChI=1S/C11H11N3/c1-13-8-11-12-6-7-14(11)10-5-3-2-4-9(10)13/h2-7H,8H2,1H3. The molecular formula is C11H11N3. The maximum atomic E-state index is 4.33. The minimum atomic E-state index is 0.879. The van der Waals surface area contributed by atoms with Crippen LogP contribution in [0.5, 0.6) is 0 Å². The summed E-state index contributed by atoms with van der Waals surface area (Å²) in [7, 11) is 2.09. The summed E-state index contributed by atoms with van der Waals surface area (Å²) >= 11 is 0. The summed E-state index contributed by atoms with van der Waals surface area (Å²) in [5.41, 5.74) is 2.48. The van der Waals surface area contributed by atoms with Gasteiger partial charge in [-0.25, -0.2) is 4.98 Å². The average molecular weight is 185 g/mol. The molecule has 1 aliphatic heterocycles. The molecule has 2 heterocycles. The van der Waals surface area contributed by atoms with Crippen molar-refractivity contribution in [2.24, 2.45) is 0 Å². The van der Waals surface area contributed by atoms with Crippen LogP contribution in [0.1, 0.15) is 5.82 Å². The molecule has 0 saturated carbocycles. The predicted octanol–water partition coefficient (Wildman–Crippen LogP) is 1.82. The van der Waals surface area contributed by atoms with Gasteiger partial charge in [0.05, 0.1) is 17.9 Å². The molecule has 0 spiro atoms. The van der Waals surface area contributed by atoms with E-state index >= 15 is 0 Å². The third kappa shape index (κ3) is 0.894. The zero-order chi connectivity index (χ0) is 9.54. The van der Waals surface area contributed by atoms with Crippen molar-refractivity contribution < 1.29 is 0 Å². The Labute approximate surface area is 82.6 Å². The van der Waals surface area contributed by atoms with Gasteiger partial charge < -0.3 is 9.47 Å². The fourth-order valence-electron chi connectivity index (χ4n) is 1.96. The van der Waals surface area contributed by atoms with Crippen LogP contribution in [0.15, 0.2) is 36.7 Å². The van der Waals surface area contributed by atoms with Crippen molar-refractivity contribution in [1.29, 1.82) is 0 Å². The van der Waals surface area contributed by atoms with Crippen LogP contribution in [0.25, 0.3) is 5.69 Å². The van der Waals surface area contributed by atoms with Gasteiger partial charge in [0.15, 0.2) is 0 Å². The van der Waals surface area contributed by atoms with Gasteiger partial charge in [-0.05, 0) is 12.1 Å². The second-order valence-corrected chi connectivity index (χ2v) is 3.56. The summed E-state index contributed by atoms with van der Waals surface area (Å²) in [6.45, 7) is 0.879. The minimum Gasteiger partial charge on any atom is -0.365 e. The molecule has 14 heavy (non-hydrogen) atoms. The van der Waals surface area contributed by atoms with Crippen LogP contribution in [0, 0.1) is 0 Å². The van der Waals surface area contributed by atoms with Gasteiger partial charge in [-0.1, -0.05) is 12.1 Å². The Kier molecular flexibility index (Phi) is 1.42. The largest absolute Gasteiger partial charge is 0.365 e. The van der Waals surface area contributed by atoms with E-state index in [9.17, 15) is 0 Å². The van der Waals surface area contributed by atoms with Gasteiger partial charge in [0, 0.05) is 19.4 Å². The second-order valence-electron chi connectivity index (χ2n) is 3.56. The van der Waals surface area contributed by atoms with E-state index in [0.717, 1.165) is 12.4 Å². The molecule has 1 aliphatic rings. The number of aromatic nitrogens is 2. The smallest absolute Gasteiger partial charge is 0.132 e. The maximum Gasteiger partial charge on any atom is 0.132 e. The Morgan fingerprint density at radius 3 is 2.86 bits per heavy atom. The molecule has 1 aromatic heterocycles. The van der Waals surface area contributed by atoms with Gasteiger partial charge in [-0.3, -0.25) is 0 Å². The third-order valence-electron chi connectivity index (χ3n) is 2.65. The summed E-state index contributed by atoms with van der Waals surface area (Å²) in [6.07, 6.45) is 3.87. The zero-order valence-electron chi connectivity index (χ0n) is 8.01.